The number of aromatic amines is 2. The van der Waals surface area contributed by atoms with Gasteiger partial charge in [-0.1, -0.05) is 18.2 Å². The van der Waals surface area contributed by atoms with Crippen LogP contribution < -0.4 is 0 Å². The molecule has 2 N–H and O–H groups in total. The Labute approximate surface area is 168 Å². The summed E-state index contributed by atoms with van der Waals surface area (Å²) in [5.41, 5.74) is 9.31. The number of H-pyrrole nitrogens is 2. The zero-order valence-electron chi connectivity index (χ0n) is 16.1. The molecule has 140 valence electrons. The third kappa shape index (κ3) is 2.68. The maximum Gasteiger partial charge on any atom is 0.0696 e. The Morgan fingerprint density at radius 3 is 2.21 bits per heavy atom. The van der Waals surface area contributed by atoms with Crippen LogP contribution in [0.2, 0.25) is 0 Å². The molecule has 5 heterocycles. The van der Waals surface area contributed by atoms with Gasteiger partial charge in [-0.15, -0.1) is 0 Å². The second-order valence-electron chi connectivity index (χ2n) is 8.04. The van der Waals surface area contributed by atoms with Crippen molar-refractivity contribution in [1.82, 2.24) is 19.9 Å². The molecule has 0 saturated heterocycles. The molecule has 6 rings (SSSR count). The SMILES string of the molecule is C[C@]12CC=CC=C1c1cc3nc(cc4ccc(cc5ccc(cc2n1)[nH]5)[nH]4)C=C3. The number of hydrogen-bond acceptors (Lipinski definition) is 2. The van der Waals surface area contributed by atoms with E-state index in [0.717, 1.165) is 51.3 Å². The largest absolute Gasteiger partial charge is 0.355 e. The summed E-state index contributed by atoms with van der Waals surface area (Å²) in [6.45, 7) is 2.28. The maximum absolute atomic E-state index is 5.04. The van der Waals surface area contributed by atoms with Crippen molar-refractivity contribution in [3.63, 3.8) is 0 Å². The third-order valence-electron chi connectivity index (χ3n) is 5.94. The molecule has 0 spiro atoms. The summed E-state index contributed by atoms with van der Waals surface area (Å²) in [4.78, 5) is 16.7. The lowest BCUT2D eigenvalue weighted by molar-refractivity contribution is 0.625. The van der Waals surface area contributed by atoms with Crippen molar-refractivity contribution in [2.75, 3.05) is 0 Å². The summed E-state index contributed by atoms with van der Waals surface area (Å²) >= 11 is 0. The Kier molecular flexibility index (Phi) is 3.33. The van der Waals surface area contributed by atoms with Crippen LogP contribution in [0.1, 0.15) is 36.1 Å². The first-order chi connectivity index (χ1) is 14.2. The number of fused-ring (bicyclic) bond motifs is 11. The van der Waals surface area contributed by atoms with Crippen molar-refractivity contribution in [1.29, 1.82) is 0 Å². The van der Waals surface area contributed by atoms with Gasteiger partial charge >= 0.3 is 0 Å². The average Bonchev–Trinajstić information content (AvgIpc) is 3.47. The predicted octanol–water partition coefficient (Wildman–Crippen LogP) is 5.79. The molecule has 8 bridgehead atoms. The van der Waals surface area contributed by atoms with Gasteiger partial charge in [0.25, 0.3) is 0 Å². The molecule has 0 saturated carbocycles. The summed E-state index contributed by atoms with van der Waals surface area (Å²) < 4.78 is 0. The Morgan fingerprint density at radius 2 is 1.45 bits per heavy atom. The number of nitrogens with zero attached hydrogens (tertiary/aromatic N) is 2. The van der Waals surface area contributed by atoms with Crippen LogP contribution in [0, 0.1) is 0 Å². The van der Waals surface area contributed by atoms with E-state index in [1.165, 1.54) is 5.57 Å². The molecule has 0 radical (unpaired) electrons. The topological polar surface area (TPSA) is 57.4 Å². The fourth-order valence-corrected chi connectivity index (χ4v) is 4.35. The molecule has 0 aromatic carbocycles. The first-order valence-electron chi connectivity index (χ1n) is 9.90. The second kappa shape index (κ2) is 5.92. The van der Waals surface area contributed by atoms with Gasteiger partial charge in [0.1, 0.15) is 0 Å². The maximum atomic E-state index is 5.04. The Hall–Kier alpha value is -3.66. The normalized spacial score (nSPS) is 19.8. The quantitative estimate of drug-likeness (QED) is 0.408. The molecule has 2 aliphatic heterocycles. The molecule has 3 aliphatic rings. The summed E-state index contributed by atoms with van der Waals surface area (Å²) in [6.07, 6.45) is 11.6. The molecular weight excluding hydrogens is 356 g/mol. The molecule has 1 aliphatic carbocycles. The number of rotatable bonds is 0. The van der Waals surface area contributed by atoms with Crippen molar-refractivity contribution in [2.24, 2.45) is 0 Å². The minimum atomic E-state index is -0.112. The third-order valence-corrected chi connectivity index (χ3v) is 5.94. The van der Waals surface area contributed by atoms with Crippen LogP contribution in [-0.2, 0) is 5.41 Å². The summed E-state index contributed by atoms with van der Waals surface area (Å²) in [7, 11) is 0. The highest BCUT2D eigenvalue weighted by Gasteiger charge is 2.38. The first-order valence-corrected chi connectivity index (χ1v) is 9.90. The van der Waals surface area contributed by atoms with Crippen LogP contribution in [0.25, 0.3) is 39.8 Å². The monoisotopic (exact) mass is 376 g/mol. The number of hydrogen-bond donors (Lipinski definition) is 2. The van der Waals surface area contributed by atoms with Gasteiger partial charge in [0.2, 0.25) is 0 Å². The lowest BCUT2D eigenvalue weighted by Crippen LogP contribution is -2.20. The molecule has 4 heteroatoms. The van der Waals surface area contributed by atoms with Gasteiger partial charge in [0.15, 0.2) is 0 Å². The van der Waals surface area contributed by atoms with E-state index in [1.807, 2.05) is 6.08 Å². The van der Waals surface area contributed by atoms with Crippen LogP contribution in [0.3, 0.4) is 0 Å². The van der Waals surface area contributed by atoms with Crippen molar-refractivity contribution in [3.05, 3.63) is 89.5 Å². The molecule has 0 fully saturated rings. The smallest absolute Gasteiger partial charge is 0.0696 e. The highest BCUT2D eigenvalue weighted by atomic mass is 14.8. The molecule has 0 unspecified atom stereocenters. The minimum Gasteiger partial charge on any atom is -0.355 e. The fourth-order valence-electron chi connectivity index (χ4n) is 4.35. The molecule has 3 aromatic rings. The van der Waals surface area contributed by atoms with Crippen molar-refractivity contribution < 1.29 is 0 Å². The van der Waals surface area contributed by atoms with Crippen molar-refractivity contribution >= 4 is 39.8 Å². The van der Waals surface area contributed by atoms with Crippen molar-refractivity contribution in [3.8, 4) is 0 Å². The van der Waals surface area contributed by atoms with Gasteiger partial charge in [-0.05, 0) is 79.6 Å². The van der Waals surface area contributed by atoms with Gasteiger partial charge in [0, 0.05) is 27.5 Å². The summed E-state index contributed by atoms with van der Waals surface area (Å²) in [5, 5.41) is 0. The Balaban J connectivity index is 1.71. The van der Waals surface area contributed by atoms with Gasteiger partial charge in [-0.3, -0.25) is 4.98 Å². The average molecular weight is 376 g/mol. The first kappa shape index (κ1) is 16.3. The van der Waals surface area contributed by atoms with Gasteiger partial charge in [-0.2, -0.15) is 0 Å². The summed E-state index contributed by atoms with van der Waals surface area (Å²) in [6, 6.07) is 16.8. The van der Waals surface area contributed by atoms with E-state index in [0.29, 0.717) is 0 Å². The zero-order valence-corrected chi connectivity index (χ0v) is 16.1. The molecule has 3 aromatic heterocycles. The highest BCUT2D eigenvalue weighted by molar-refractivity contribution is 5.81. The predicted molar refractivity (Wildman–Crippen MR) is 119 cm³/mol. The molecule has 4 nitrogen and oxygen atoms in total. The second-order valence-corrected chi connectivity index (χ2v) is 8.04. The zero-order chi connectivity index (χ0) is 19.4. The van der Waals surface area contributed by atoms with Crippen LogP contribution in [0.15, 0.2) is 66.8 Å². The van der Waals surface area contributed by atoms with E-state index in [1.54, 1.807) is 0 Å². The van der Waals surface area contributed by atoms with Gasteiger partial charge in [-0.25, -0.2) is 4.98 Å². The van der Waals surface area contributed by atoms with E-state index in [4.69, 9.17) is 9.97 Å². The van der Waals surface area contributed by atoms with Crippen LogP contribution in [0.4, 0.5) is 0 Å². The van der Waals surface area contributed by atoms with Gasteiger partial charge < -0.3 is 9.97 Å². The van der Waals surface area contributed by atoms with Crippen LogP contribution >= 0.6 is 0 Å². The minimum absolute atomic E-state index is 0.112. The Morgan fingerprint density at radius 1 is 0.793 bits per heavy atom. The van der Waals surface area contributed by atoms with E-state index in [2.05, 4.69) is 89.7 Å². The van der Waals surface area contributed by atoms with Crippen LogP contribution in [0.5, 0.6) is 0 Å². The lowest BCUT2D eigenvalue weighted by atomic mass is 9.75. The van der Waals surface area contributed by atoms with Crippen LogP contribution in [-0.4, -0.2) is 19.9 Å². The number of allylic oxidation sites excluding steroid dienone is 4. The lowest BCUT2D eigenvalue weighted by Gasteiger charge is -2.26. The standard InChI is InChI=1S/C25H20N4/c1-25-11-3-2-4-22(25)23-14-20-9-7-18(27-20)12-16-5-6-17(26-16)13-19-8-10-21(28-19)15-24(25)29-23/h2-10,12-15,26,28H,11H2,1H3/t25-/m0/s1. The molecule has 29 heavy (non-hydrogen) atoms. The van der Waals surface area contributed by atoms with E-state index in [9.17, 15) is 0 Å². The number of aromatic nitrogens is 4. The molecule has 1 atom stereocenters. The van der Waals surface area contributed by atoms with Crippen molar-refractivity contribution in [2.45, 2.75) is 18.8 Å². The van der Waals surface area contributed by atoms with E-state index < -0.39 is 0 Å². The summed E-state index contributed by atoms with van der Waals surface area (Å²) in [5.74, 6) is 0. The Bertz CT molecular complexity index is 1400. The van der Waals surface area contributed by atoms with Gasteiger partial charge in [0.05, 0.1) is 22.8 Å². The molecular formula is C25H20N4. The highest BCUT2D eigenvalue weighted by Crippen LogP contribution is 2.46. The molecule has 0 amide bonds. The number of nitrogens with one attached hydrogen (secondary N) is 2. The fraction of sp³-hybridized carbons (Fsp3) is 0.120. The van der Waals surface area contributed by atoms with E-state index in [-0.39, 0.29) is 5.41 Å². The van der Waals surface area contributed by atoms with E-state index >= 15 is 0 Å².